The van der Waals surface area contributed by atoms with Gasteiger partial charge in [0.05, 0.1) is 11.7 Å². The highest BCUT2D eigenvalue weighted by Crippen LogP contribution is 2.28. The molecule has 0 radical (unpaired) electrons. The molecule has 2 aromatic rings. The number of aryl methyl sites for hydroxylation is 1. The normalized spacial score (nSPS) is 19.5. The van der Waals surface area contributed by atoms with E-state index in [1.54, 1.807) is 6.20 Å². The molecule has 0 saturated carbocycles. The summed E-state index contributed by atoms with van der Waals surface area (Å²) in [5, 5.41) is 24.5. The van der Waals surface area contributed by atoms with Crippen molar-refractivity contribution >= 4 is 35.1 Å². The Balaban J connectivity index is 2.17. The summed E-state index contributed by atoms with van der Waals surface area (Å²) in [7, 11) is -1.62. The van der Waals surface area contributed by atoms with E-state index in [1.807, 2.05) is 17.7 Å². The molecule has 0 bridgehead atoms. The van der Waals surface area contributed by atoms with Gasteiger partial charge in [-0.15, -0.1) is 0 Å². The number of hydrogen-bond donors (Lipinski definition) is 2. The van der Waals surface area contributed by atoms with Gasteiger partial charge >= 0.3 is 7.12 Å². The minimum absolute atomic E-state index is 0.0921. The van der Waals surface area contributed by atoms with E-state index in [2.05, 4.69) is 5.10 Å². The second-order valence-corrected chi connectivity index (χ2v) is 5.52. The second kappa shape index (κ2) is 5.37. The number of halogens is 1. The minimum atomic E-state index is -1.62. The van der Waals surface area contributed by atoms with E-state index in [4.69, 9.17) is 16.3 Å². The number of hydrogen-bond acceptors (Lipinski definition) is 4. The molecule has 2 heterocycles. The highest BCUT2D eigenvalue weighted by Gasteiger charge is 2.25. The third kappa shape index (κ3) is 2.22. The molecule has 1 saturated heterocycles. The van der Waals surface area contributed by atoms with Gasteiger partial charge in [-0.3, -0.25) is 0 Å². The van der Waals surface area contributed by atoms with Crippen molar-refractivity contribution in [2.75, 3.05) is 6.61 Å². The molecular formula is C13H16BClN2O3. The van der Waals surface area contributed by atoms with Crippen LogP contribution in [0.3, 0.4) is 0 Å². The summed E-state index contributed by atoms with van der Waals surface area (Å²) in [5.41, 5.74) is 1.92. The Kier molecular flexibility index (Phi) is 3.73. The lowest BCUT2D eigenvalue weighted by atomic mass is 9.77. The highest BCUT2D eigenvalue weighted by atomic mass is 35.5. The van der Waals surface area contributed by atoms with Crippen molar-refractivity contribution in [1.82, 2.24) is 9.78 Å². The molecule has 0 aliphatic carbocycles. The van der Waals surface area contributed by atoms with Crippen LogP contribution in [0.15, 0.2) is 12.3 Å². The monoisotopic (exact) mass is 294 g/mol. The van der Waals surface area contributed by atoms with Crippen molar-refractivity contribution in [3.05, 3.63) is 22.8 Å². The minimum Gasteiger partial charge on any atom is -0.423 e. The molecule has 5 nitrogen and oxygen atoms in total. The van der Waals surface area contributed by atoms with E-state index >= 15 is 0 Å². The first kappa shape index (κ1) is 13.9. The van der Waals surface area contributed by atoms with Crippen LogP contribution in [-0.2, 0) is 4.74 Å². The van der Waals surface area contributed by atoms with Crippen molar-refractivity contribution < 1.29 is 14.8 Å². The Morgan fingerprint density at radius 2 is 2.25 bits per heavy atom. The average Bonchev–Trinajstić information content (AvgIpc) is 2.83. The molecule has 106 valence electrons. The first-order valence-corrected chi connectivity index (χ1v) is 7.11. The van der Waals surface area contributed by atoms with Gasteiger partial charge in [-0.1, -0.05) is 11.6 Å². The van der Waals surface area contributed by atoms with Gasteiger partial charge in [-0.2, -0.15) is 5.10 Å². The molecule has 1 aliphatic rings. The fourth-order valence-electron chi connectivity index (χ4n) is 2.72. The number of fused-ring (bicyclic) bond motifs is 1. The quantitative estimate of drug-likeness (QED) is 0.821. The van der Waals surface area contributed by atoms with Crippen LogP contribution in [0.25, 0.3) is 10.9 Å². The maximum Gasteiger partial charge on any atom is 0.490 e. The number of benzene rings is 1. The topological polar surface area (TPSA) is 67.5 Å². The fraction of sp³-hybridized carbons (Fsp3) is 0.462. The maximum absolute atomic E-state index is 9.55. The van der Waals surface area contributed by atoms with Crippen molar-refractivity contribution in [2.45, 2.75) is 32.4 Å². The summed E-state index contributed by atoms with van der Waals surface area (Å²) in [6.07, 6.45) is 4.61. The molecule has 2 N–H and O–H groups in total. The van der Waals surface area contributed by atoms with Crippen LogP contribution in [0.5, 0.6) is 0 Å². The molecule has 1 aromatic heterocycles. The van der Waals surface area contributed by atoms with Crippen LogP contribution in [0.2, 0.25) is 5.02 Å². The summed E-state index contributed by atoms with van der Waals surface area (Å²) in [4.78, 5) is 0. The molecule has 1 aromatic carbocycles. The largest absolute Gasteiger partial charge is 0.490 e. The van der Waals surface area contributed by atoms with Gasteiger partial charge in [-0.25, -0.2) is 4.68 Å². The molecule has 1 fully saturated rings. The molecule has 3 rings (SSSR count). The van der Waals surface area contributed by atoms with Crippen molar-refractivity contribution in [3.63, 3.8) is 0 Å². The zero-order chi connectivity index (χ0) is 14.3. The molecule has 0 spiro atoms. The van der Waals surface area contributed by atoms with Crippen LogP contribution in [0.1, 0.15) is 31.1 Å². The molecule has 1 atom stereocenters. The molecule has 20 heavy (non-hydrogen) atoms. The van der Waals surface area contributed by atoms with E-state index in [9.17, 15) is 10.0 Å². The summed E-state index contributed by atoms with van der Waals surface area (Å²) in [6, 6.07) is 1.91. The van der Waals surface area contributed by atoms with Gasteiger partial charge in [0, 0.05) is 22.5 Å². The molecule has 1 aliphatic heterocycles. The second-order valence-electron chi connectivity index (χ2n) is 5.14. The summed E-state index contributed by atoms with van der Waals surface area (Å²) < 4.78 is 7.55. The van der Waals surface area contributed by atoms with Gasteiger partial charge < -0.3 is 14.8 Å². The number of nitrogens with zero attached hydrogens (tertiary/aromatic N) is 2. The third-order valence-corrected chi connectivity index (χ3v) is 4.25. The van der Waals surface area contributed by atoms with Crippen molar-refractivity contribution in [3.8, 4) is 0 Å². The maximum atomic E-state index is 9.55. The highest BCUT2D eigenvalue weighted by molar-refractivity contribution is 6.66. The van der Waals surface area contributed by atoms with Crippen molar-refractivity contribution in [1.29, 1.82) is 0 Å². The Morgan fingerprint density at radius 3 is 2.90 bits per heavy atom. The Bertz CT molecular complexity index is 638. The lowest BCUT2D eigenvalue weighted by molar-refractivity contribution is -0.0366. The third-order valence-electron chi connectivity index (χ3n) is 3.75. The van der Waals surface area contributed by atoms with E-state index in [1.165, 1.54) is 0 Å². The standard InChI is InChI=1S/C13H16BClN2O3/c1-8-6-10-9(12(13(8)15)14(18)19)7-16-17(10)11-4-2-3-5-20-11/h6-7,11,18-19H,2-5H2,1H3. The van der Waals surface area contributed by atoms with E-state index in [-0.39, 0.29) is 6.23 Å². The predicted octanol–water partition coefficient (Wildman–Crippen LogP) is 1.38. The lowest BCUT2D eigenvalue weighted by Crippen LogP contribution is -2.32. The molecule has 0 amide bonds. The van der Waals surface area contributed by atoms with E-state index in [0.29, 0.717) is 15.9 Å². The smallest absolute Gasteiger partial charge is 0.423 e. The van der Waals surface area contributed by atoms with Crippen LogP contribution < -0.4 is 5.46 Å². The number of ether oxygens (including phenoxy) is 1. The van der Waals surface area contributed by atoms with Crippen LogP contribution in [-0.4, -0.2) is 33.6 Å². The molecule has 1 unspecified atom stereocenters. The van der Waals surface area contributed by atoms with Crippen LogP contribution in [0.4, 0.5) is 0 Å². The Hall–Kier alpha value is -1.08. The molecular weight excluding hydrogens is 278 g/mol. The number of rotatable bonds is 2. The van der Waals surface area contributed by atoms with Gasteiger partial charge in [-0.05, 0) is 37.8 Å². The Morgan fingerprint density at radius 1 is 1.45 bits per heavy atom. The summed E-state index contributed by atoms with van der Waals surface area (Å²) >= 11 is 6.17. The van der Waals surface area contributed by atoms with Crippen LogP contribution >= 0.6 is 11.6 Å². The van der Waals surface area contributed by atoms with Gasteiger partial charge in [0.2, 0.25) is 0 Å². The summed E-state index contributed by atoms with van der Waals surface area (Å²) in [5.74, 6) is 0. The zero-order valence-corrected chi connectivity index (χ0v) is 12.0. The van der Waals surface area contributed by atoms with E-state index < -0.39 is 7.12 Å². The lowest BCUT2D eigenvalue weighted by Gasteiger charge is -2.23. The molecule has 7 heteroatoms. The fourth-order valence-corrected chi connectivity index (χ4v) is 2.97. The first-order valence-electron chi connectivity index (χ1n) is 6.73. The first-order chi connectivity index (χ1) is 9.59. The van der Waals surface area contributed by atoms with Gasteiger partial charge in [0.25, 0.3) is 0 Å². The Labute approximate surface area is 122 Å². The van der Waals surface area contributed by atoms with Crippen molar-refractivity contribution in [2.24, 2.45) is 0 Å². The predicted molar refractivity (Wildman–Crippen MR) is 78.1 cm³/mol. The zero-order valence-electron chi connectivity index (χ0n) is 11.2. The summed E-state index contributed by atoms with van der Waals surface area (Å²) in [6.45, 7) is 2.57. The van der Waals surface area contributed by atoms with Crippen LogP contribution in [0, 0.1) is 6.92 Å². The number of aromatic nitrogens is 2. The van der Waals surface area contributed by atoms with Gasteiger partial charge in [0.15, 0.2) is 6.23 Å². The van der Waals surface area contributed by atoms with E-state index in [0.717, 1.165) is 36.9 Å². The SMILES string of the molecule is Cc1cc2c(cnn2C2CCCCO2)c(B(O)O)c1Cl. The van der Waals surface area contributed by atoms with Gasteiger partial charge in [0.1, 0.15) is 0 Å². The average molecular weight is 295 g/mol.